The second kappa shape index (κ2) is 20.5. The summed E-state index contributed by atoms with van der Waals surface area (Å²) in [6.07, 6.45) is 9.59. The number of amides is 5. The Morgan fingerprint density at radius 3 is 2.58 bits per heavy atom. The SMILES string of the molecule is COc1cc2ncnc(Nc3ccc(F)c(Cl)c3)c2cc1NC(=O)/C=C/CN1CCC(N2CCN(C(=O)CCCCSc3cccc4c3CN(C3CCC(=O)NC3=O)C4=O)CC2)CC1. The number of aromatic nitrogens is 2. The minimum absolute atomic E-state index is 0.0200. The highest BCUT2D eigenvalue weighted by Gasteiger charge is 2.40. The fourth-order valence-electron chi connectivity index (χ4n) is 8.86. The van der Waals surface area contributed by atoms with E-state index in [2.05, 4.69) is 35.7 Å². The Hall–Kier alpha value is -5.62. The number of carbonyl (C=O) groups is 5. The number of anilines is 3. The van der Waals surface area contributed by atoms with Crippen LogP contribution in [0.2, 0.25) is 5.02 Å². The van der Waals surface area contributed by atoms with E-state index in [1.165, 1.54) is 31.6 Å². The van der Waals surface area contributed by atoms with Crippen molar-refractivity contribution in [3.05, 3.63) is 89.0 Å². The molecular weight excluding hydrogens is 861 g/mol. The van der Waals surface area contributed by atoms with E-state index < -0.39 is 17.8 Å². The molecule has 1 atom stereocenters. The number of hydrogen-bond donors (Lipinski definition) is 3. The Morgan fingerprint density at radius 2 is 1.81 bits per heavy atom. The van der Waals surface area contributed by atoms with Gasteiger partial charge in [-0.3, -0.25) is 39.1 Å². The number of benzene rings is 3. The number of ether oxygens (including phenoxy) is 1. The van der Waals surface area contributed by atoms with Crippen molar-refractivity contribution in [1.82, 2.24) is 34.9 Å². The zero-order valence-corrected chi connectivity index (χ0v) is 37.2. The number of thioether (sulfide) groups is 1. The van der Waals surface area contributed by atoms with Crippen molar-refractivity contribution < 1.29 is 33.1 Å². The average molecular weight is 912 g/mol. The lowest BCUT2D eigenvalue weighted by atomic mass is 10.0. The molecule has 15 nitrogen and oxygen atoms in total. The maximum atomic E-state index is 13.7. The molecule has 0 saturated carbocycles. The fourth-order valence-corrected chi connectivity index (χ4v) is 10.1. The molecule has 336 valence electrons. The van der Waals surface area contributed by atoms with Crippen molar-refractivity contribution in [3.8, 4) is 5.75 Å². The van der Waals surface area contributed by atoms with Crippen molar-refractivity contribution in [2.24, 2.45) is 0 Å². The van der Waals surface area contributed by atoms with Gasteiger partial charge in [0.2, 0.25) is 23.6 Å². The van der Waals surface area contributed by atoms with Crippen LogP contribution in [0, 0.1) is 5.82 Å². The molecule has 4 aromatic rings. The van der Waals surface area contributed by atoms with Gasteiger partial charge < -0.3 is 25.2 Å². The van der Waals surface area contributed by atoms with Gasteiger partial charge >= 0.3 is 0 Å². The predicted octanol–water partition coefficient (Wildman–Crippen LogP) is 6.00. The Bertz CT molecular complexity index is 2460. The van der Waals surface area contributed by atoms with E-state index in [0.29, 0.717) is 71.4 Å². The summed E-state index contributed by atoms with van der Waals surface area (Å²) in [5.41, 5.74) is 3.13. The monoisotopic (exact) mass is 911 g/mol. The second-order valence-electron chi connectivity index (χ2n) is 16.4. The zero-order valence-electron chi connectivity index (χ0n) is 35.6. The van der Waals surface area contributed by atoms with Gasteiger partial charge in [-0.2, -0.15) is 0 Å². The minimum atomic E-state index is -0.634. The molecule has 0 spiro atoms. The van der Waals surface area contributed by atoms with Crippen LogP contribution in [0.1, 0.15) is 60.9 Å². The maximum absolute atomic E-state index is 13.7. The third-order valence-corrected chi connectivity index (χ3v) is 13.8. The summed E-state index contributed by atoms with van der Waals surface area (Å²) in [5, 5.41) is 9.03. The topological polar surface area (TPSA) is 169 Å². The van der Waals surface area contributed by atoms with Crippen molar-refractivity contribution in [3.63, 3.8) is 0 Å². The molecule has 3 fully saturated rings. The number of nitrogens with zero attached hydrogens (tertiary/aromatic N) is 6. The number of piperazine rings is 1. The average Bonchev–Trinajstić information content (AvgIpc) is 3.63. The number of likely N-dealkylation sites (tertiary alicyclic amines) is 1. The number of nitrogens with one attached hydrogen (secondary N) is 3. The van der Waals surface area contributed by atoms with E-state index in [9.17, 15) is 28.4 Å². The standard InChI is InChI=1S/C46H51ClFN9O6S/c1-63-39-26-36-32(44(50-28-49-36)51-29-10-11-35(48)34(47)24-29)25-37(39)52-41(58)8-5-16-54-17-14-30(15-18-54)55-19-21-56(22-20-55)43(60)9-2-3-23-64-40-7-4-6-31-33(40)27-57(46(31)62)38-12-13-42(59)53-45(38)61/h4-8,10-11,24-26,28,30,38H,2-3,9,12-23,27H2,1H3,(H,52,58)(H,49,50,51)(H,53,59,61)/b8-5+. The first-order valence-electron chi connectivity index (χ1n) is 21.7. The summed E-state index contributed by atoms with van der Waals surface area (Å²) < 4.78 is 19.3. The van der Waals surface area contributed by atoms with E-state index in [-0.39, 0.29) is 35.1 Å². The number of methoxy groups -OCH3 is 1. The second-order valence-corrected chi connectivity index (χ2v) is 17.9. The molecule has 3 aromatic carbocycles. The fraction of sp³-hybridized carbons (Fsp3) is 0.413. The van der Waals surface area contributed by atoms with Crippen LogP contribution in [-0.2, 0) is 25.7 Å². The van der Waals surface area contributed by atoms with Gasteiger partial charge in [0, 0.05) is 91.8 Å². The summed E-state index contributed by atoms with van der Waals surface area (Å²) in [7, 11) is 1.52. The van der Waals surface area contributed by atoms with Crippen molar-refractivity contribution in [2.75, 3.05) is 69.3 Å². The van der Waals surface area contributed by atoms with Crippen LogP contribution in [0.25, 0.3) is 10.9 Å². The van der Waals surface area contributed by atoms with Crippen molar-refractivity contribution in [1.29, 1.82) is 0 Å². The van der Waals surface area contributed by atoms with E-state index in [1.807, 2.05) is 23.1 Å². The highest BCUT2D eigenvalue weighted by molar-refractivity contribution is 7.99. The van der Waals surface area contributed by atoms with Gasteiger partial charge in [-0.15, -0.1) is 11.8 Å². The molecule has 5 heterocycles. The smallest absolute Gasteiger partial charge is 0.255 e. The van der Waals surface area contributed by atoms with E-state index in [4.69, 9.17) is 16.3 Å². The summed E-state index contributed by atoms with van der Waals surface area (Å²) >= 11 is 7.65. The molecular formula is C46H51ClFN9O6S. The Kier molecular flexibility index (Phi) is 14.4. The number of imide groups is 1. The van der Waals surface area contributed by atoms with Crippen LogP contribution in [0.3, 0.4) is 0 Å². The summed E-state index contributed by atoms with van der Waals surface area (Å²) in [6.45, 7) is 6.03. The molecule has 3 N–H and O–H groups in total. The van der Waals surface area contributed by atoms with Crippen LogP contribution < -0.4 is 20.7 Å². The Balaban J connectivity index is 0.727. The first kappa shape index (κ1) is 45.0. The quantitative estimate of drug-likeness (QED) is 0.0552. The van der Waals surface area contributed by atoms with E-state index in [0.717, 1.165) is 81.2 Å². The molecule has 0 radical (unpaired) electrons. The lowest BCUT2D eigenvalue weighted by Crippen LogP contribution is -2.54. The first-order chi connectivity index (χ1) is 31.0. The predicted molar refractivity (Wildman–Crippen MR) is 243 cm³/mol. The summed E-state index contributed by atoms with van der Waals surface area (Å²) in [6, 6.07) is 13.3. The number of hydrogen-bond acceptors (Lipinski definition) is 12. The maximum Gasteiger partial charge on any atom is 0.255 e. The van der Waals surface area contributed by atoms with Crippen molar-refractivity contribution in [2.45, 2.75) is 68.5 Å². The highest BCUT2D eigenvalue weighted by atomic mass is 35.5. The van der Waals surface area contributed by atoms with Gasteiger partial charge in [0.1, 0.15) is 29.8 Å². The third-order valence-electron chi connectivity index (χ3n) is 12.4. The van der Waals surface area contributed by atoms with E-state index >= 15 is 0 Å². The van der Waals surface area contributed by atoms with Gasteiger partial charge in [0.05, 0.1) is 23.3 Å². The number of fused-ring (bicyclic) bond motifs is 2. The van der Waals surface area contributed by atoms with Gasteiger partial charge in [-0.1, -0.05) is 23.7 Å². The molecule has 1 aromatic heterocycles. The number of rotatable bonds is 15. The number of piperidine rings is 2. The molecule has 5 amide bonds. The number of halogens is 2. The van der Waals surface area contributed by atoms with Crippen molar-refractivity contribution >= 4 is 81.0 Å². The Morgan fingerprint density at radius 1 is 1.00 bits per heavy atom. The molecule has 18 heteroatoms. The largest absolute Gasteiger partial charge is 0.494 e. The molecule has 4 aliphatic rings. The normalized spacial score (nSPS) is 18.7. The van der Waals surface area contributed by atoms with Crippen LogP contribution in [0.5, 0.6) is 5.75 Å². The highest BCUT2D eigenvalue weighted by Crippen LogP contribution is 2.36. The van der Waals surface area contributed by atoms with Crippen LogP contribution in [0.4, 0.5) is 21.6 Å². The lowest BCUT2D eigenvalue weighted by Gasteiger charge is -2.42. The van der Waals surface area contributed by atoms with E-state index in [1.54, 1.807) is 40.9 Å². The van der Waals surface area contributed by atoms with Crippen LogP contribution >= 0.6 is 23.4 Å². The third kappa shape index (κ3) is 10.5. The minimum Gasteiger partial charge on any atom is -0.494 e. The number of unbranched alkanes of at least 4 members (excludes halogenated alkanes) is 1. The molecule has 0 bridgehead atoms. The van der Waals surface area contributed by atoms with Gasteiger partial charge in [-0.05, 0) is 92.9 Å². The molecule has 0 aliphatic carbocycles. The molecule has 8 rings (SSSR count). The number of carbonyl (C=O) groups excluding carboxylic acids is 5. The molecule has 3 saturated heterocycles. The van der Waals surface area contributed by atoms with Crippen LogP contribution in [0.15, 0.2) is 71.9 Å². The molecule has 64 heavy (non-hydrogen) atoms. The van der Waals surface area contributed by atoms with Gasteiger partial charge in [-0.25, -0.2) is 14.4 Å². The molecule has 1 unspecified atom stereocenters. The summed E-state index contributed by atoms with van der Waals surface area (Å²) in [4.78, 5) is 81.6. The van der Waals surface area contributed by atoms with Crippen LogP contribution in [-0.4, -0.2) is 130 Å². The summed E-state index contributed by atoms with van der Waals surface area (Å²) in [5.74, 6) is 0.209. The lowest BCUT2D eigenvalue weighted by molar-refractivity contribution is -0.137. The molecule has 4 aliphatic heterocycles. The zero-order chi connectivity index (χ0) is 44.7. The first-order valence-corrected chi connectivity index (χ1v) is 23.1. The Labute approximate surface area is 380 Å². The van der Waals surface area contributed by atoms with Gasteiger partial charge in [0.25, 0.3) is 5.91 Å². The van der Waals surface area contributed by atoms with Gasteiger partial charge in [0.15, 0.2) is 0 Å².